The largest absolute Gasteiger partial charge is 0.455 e. The van der Waals surface area contributed by atoms with Gasteiger partial charge in [0.05, 0.1) is 22.2 Å². The van der Waals surface area contributed by atoms with Crippen LogP contribution in [0, 0.1) is 0 Å². The van der Waals surface area contributed by atoms with E-state index >= 15 is 0 Å². The third-order valence-electron chi connectivity index (χ3n) is 10.4. The Balaban J connectivity index is 1.14. The maximum absolute atomic E-state index is 6.42. The summed E-state index contributed by atoms with van der Waals surface area (Å²) in [6, 6.07) is 62.0. The van der Waals surface area contributed by atoms with Gasteiger partial charge in [0, 0.05) is 38.1 Å². The highest BCUT2D eigenvalue weighted by Gasteiger charge is 2.20. The van der Waals surface area contributed by atoms with E-state index in [-0.39, 0.29) is 0 Å². The van der Waals surface area contributed by atoms with Crippen LogP contribution in [0.2, 0.25) is 0 Å². The maximum Gasteiger partial charge on any atom is 0.235 e. The van der Waals surface area contributed by atoms with E-state index < -0.39 is 0 Å². The molecule has 0 fully saturated rings. The molecule has 0 N–H and O–H groups in total. The van der Waals surface area contributed by atoms with Gasteiger partial charge in [-0.15, -0.1) is 0 Å². The van der Waals surface area contributed by atoms with Gasteiger partial charge in [0.25, 0.3) is 0 Å². The van der Waals surface area contributed by atoms with Crippen molar-refractivity contribution in [1.82, 2.24) is 14.5 Å². The number of nitrogens with zero attached hydrogens (tertiary/aromatic N) is 3. The second-order valence-corrected chi connectivity index (χ2v) is 13.4. The van der Waals surface area contributed by atoms with Crippen molar-refractivity contribution in [2.45, 2.75) is 0 Å². The van der Waals surface area contributed by atoms with Gasteiger partial charge in [-0.05, 0) is 63.9 Å². The fraction of sp³-hybridized carbons (Fsp3) is 0. The Hall–Kier alpha value is -7.04. The summed E-state index contributed by atoms with van der Waals surface area (Å²) >= 11 is 0. The van der Waals surface area contributed by atoms with E-state index in [1.807, 2.05) is 24.3 Å². The van der Waals surface area contributed by atoms with Crippen LogP contribution in [-0.4, -0.2) is 14.5 Å². The Morgan fingerprint density at radius 1 is 0.423 bits per heavy atom. The van der Waals surface area contributed by atoms with Gasteiger partial charge in [0.15, 0.2) is 0 Å². The molecule has 4 nitrogen and oxygen atoms in total. The van der Waals surface area contributed by atoms with Crippen LogP contribution in [0.4, 0.5) is 0 Å². The van der Waals surface area contributed by atoms with E-state index in [1.54, 1.807) is 0 Å². The molecule has 8 aromatic carbocycles. The summed E-state index contributed by atoms with van der Waals surface area (Å²) in [6.45, 7) is 0. The predicted octanol–water partition coefficient (Wildman–Crippen LogP) is 12.8. The van der Waals surface area contributed by atoms with Gasteiger partial charge in [0.2, 0.25) is 5.95 Å². The molecular formula is C48H29N3O. The minimum Gasteiger partial charge on any atom is -0.455 e. The highest BCUT2D eigenvalue weighted by atomic mass is 16.3. The first-order valence-electron chi connectivity index (χ1n) is 17.6. The summed E-state index contributed by atoms with van der Waals surface area (Å²) < 4.78 is 8.66. The van der Waals surface area contributed by atoms with Gasteiger partial charge in [-0.3, -0.25) is 4.57 Å². The molecule has 0 radical (unpaired) electrons. The predicted molar refractivity (Wildman–Crippen MR) is 215 cm³/mol. The van der Waals surface area contributed by atoms with Crippen LogP contribution in [0.25, 0.3) is 105 Å². The van der Waals surface area contributed by atoms with Crippen molar-refractivity contribution < 1.29 is 4.42 Å². The number of benzene rings is 8. The van der Waals surface area contributed by atoms with E-state index in [9.17, 15) is 0 Å². The zero-order valence-corrected chi connectivity index (χ0v) is 28.0. The Kier molecular flexibility index (Phi) is 6.22. The minimum atomic E-state index is 0.654. The van der Waals surface area contributed by atoms with Gasteiger partial charge < -0.3 is 4.42 Å². The molecule has 0 unspecified atom stereocenters. The van der Waals surface area contributed by atoms with Gasteiger partial charge in [-0.1, -0.05) is 140 Å². The number of hydrogen-bond donors (Lipinski definition) is 0. The lowest BCUT2D eigenvalue weighted by atomic mass is 9.96. The SMILES string of the molecule is c1ccc(-c2nc(-n3c4ccc(-c5cccc(-c6cccc7c6oc6ccccc67)c5)cc4c4c5ccccc5ccc43)nc3ccccc23)cc1. The van der Waals surface area contributed by atoms with Crippen molar-refractivity contribution in [3.8, 4) is 39.5 Å². The lowest BCUT2D eigenvalue weighted by Crippen LogP contribution is -2.03. The second-order valence-electron chi connectivity index (χ2n) is 13.4. The molecule has 0 atom stereocenters. The molecule has 0 amide bonds. The molecule has 0 spiro atoms. The van der Waals surface area contributed by atoms with Crippen LogP contribution < -0.4 is 0 Å². The molecule has 11 rings (SSSR count). The number of aromatic nitrogens is 3. The summed E-state index contributed by atoms with van der Waals surface area (Å²) in [5.41, 5.74) is 11.3. The van der Waals surface area contributed by atoms with Crippen molar-refractivity contribution in [2.75, 3.05) is 0 Å². The van der Waals surface area contributed by atoms with Crippen molar-refractivity contribution in [3.05, 3.63) is 176 Å². The standard InChI is InChI=1S/C48H29N3O/c1-2-13-31(14-3-1)46-39-19-6-8-22-41(39)49-48(50-46)51-42-26-25-33(29-40(42)45-35-17-5-4-12-30(35)24-27-43(45)51)32-15-10-16-34(28-32)36-20-11-21-38-37-18-7-9-23-44(37)52-47(36)38/h1-29H. The molecule has 0 saturated heterocycles. The molecule has 3 heterocycles. The van der Waals surface area contributed by atoms with E-state index in [2.05, 4.69) is 156 Å². The molecular weight excluding hydrogens is 635 g/mol. The van der Waals surface area contributed by atoms with Crippen LogP contribution in [-0.2, 0) is 0 Å². The van der Waals surface area contributed by atoms with Gasteiger partial charge >= 0.3 is 0 Å². The molecule has 11 aromatic rings. The maximum atomic E-state index is 6.42. The summed E-state index contributed by atoms with van der Waals surface area (Å²) in [5, 5.41) is 8.05. The molecule has 0 aliphatic heterocycles. The monoisotopic (exact) mass is 663 g/mol. The van der Waals surface area contributed by atoms with Gasteiger partial charge in [-0.25, -0.2) is 9.97 Å². The highest BCUT2D eigenvalue weighted by Crippen LogP contribution is 2.41. The summed E-state index contributed by atoms with van der Waals surface area (Å²) in [7, 11) is 0. The zero-order valence-electron chi connectivity index (χ0n) is 28.0. The van der Waals surface area contributed by atoms with Crippen LogP contribution in [0.1, 0.15) is 0 Å². The molecule has 0 aliphatic rings. The van der Waals surface area contributed by atoms with Gasteiger partial charge in [-0.2, -0.15) is 0 Å². The summed E-state index contributed by atoms with van der Waals surface area (Å²) in [4.78, 5) is 10.5. The quantitative estimate of drug-likeness (QED) is 0.188. The van der Waals surface area contributed by atoms with Crippen molar-refractivity contribution in [2.24, 2.45) is 0 Å². The molecule has 0 aliphatic carbocycles. The number of furan rings is 1. The minimum absolute atomic E-state index is 0.654. The Morgan fingerprint density at radius 2 is 1.12 bits per heavy atom. The van der Waals surface area contributed by atoms with Gasteiger partial charge in [0.1, 0.15) is 11.2 Å². The number of hydrogen-bond acceptors (Lipinski definition) is 3. The van der Waals surface area contributed by atoms with E-state index in [0.717, 1.165) is 82.8 Å². The summed E-state index contributed by atoms with van der Waals surface area (Å²) in [6.07, 6.45) is 0. The van der Waals surface area contributed by atoms with Crippen LogP contribution in [0.3, 0.4) is 0 Å². The number of para-hydroxylation sites is 3. The van der Waals surface area contributed by atoms with Crippen molar-refractivity contribution in [3.63, 3.8) is 0 Å². The van der Waals surface area contributed by atoms with E-state index in [1.165, 1.54) is 16.2 Å². The number of rotatable bonds is 4. The zero-order chi connectivity index (χ0) is 34.2. The molecule has 242 valence electrons. The average Bonchev–Trinajstić information content (AvgIpc) is 3.77. The first kappa shape index (κ1) is 28.8. The Bertz CT molecular complexity index is 3190. The lowest BCUT2D eigenvalue weighted by molar-refractivity contribution is 0.670. The fourth-order valence-electron chi connectivity index (χ4n) is 8.01. The molecule has 4 heteroatoms. The Labute approximate surface area is 298 Å². The normalized spacial score (nSPS) is 11.8. The summed E-state index contributed by atoms with van der Waals surface area (Å²) in [5.74, 6) is 0.654. The first-order chi connectivity index (χ1) is 25.8. The molecule has 3 aromatic heterocycles. The Morgan fingerprint density at radius 3 is 2.04 bits per heavy atom. The number of fused-ring (bicyclic) bond motifs is 9. The average molecular weight is 664 g/mol. The highest BCUT2D eigenvalue weighted by molar-refractivity contribution is 6.22. The topological polar surface area (TPSA) is 43.9 Å². The molecule has 52 heavy (non-hydrogen) atoms. The van der Waals surface area contributed by atoms with Crippen LogP contribution >= 0.6 is 0 Å². The van der Waals surface area contributed by atoms with Crippen molar-refractivity contribution >= 4 is 65.4 Å². The molecule has 0 bridgehead atoms. The second kappa shape index (κ2) is 11.2. The van der Waals surface area contributed by atoms with Crippen LogP contribution in [0.5, 0.6) is 0 Å². The van der Waals surface area contributed by atoms with Crippen LogP contribution in [0.15, 0.2) is 180 Å². The molecule has 0 saturated carbocycles. The third-order valence-corrected chi connectivity index (χ3v) is 10.4. The lowest BCUT2D eigenvalue weighted by Gasteiger charge is -2.12. The van der Waals surface area contributed by atoms with Crippen molar-refractivity contribution in [1.29, 1.82) is 0 Å². The first-order valence-corrected chi connectivity index (χ1v) is 17.6. The fourth-order valence-corrected chi connectivity index (χ4v) is 8.01. The van der Waals surface area contributed by atoms with E-state index in [4.69, 9.17) is 14.4 Å². The van der Waals surface area contributed by atoms with E-state index in [0.29, 0.717) is 5.95 Å². The smallest absolute Gasteiger partial charge is 0.235 e. The third kappa shape index (κ3) is 4.34.